The molecular weight excluding hydrogens is 460 g/mol. The van der Waals surface area contributed by atoms with Crippen molar-refractivity contribution >= 4 is 22.3 Å². The summed E-state index contributed by atoms with van der Waals surface area (Å²) in [5.41, 5.74) is -4.52. The molecule has 0 bridgehead atoms. The molecule has 2 aromatic carbocycles. The molecule has 1 aromatic heterocycles. The van der Waals surface area contributed by atoms with Crippen LogP contribution in [-0.2, 0) is 17.2 Å². The van der Waals surface area contributed by atoms with Crippen LogP contribution in [0.25, 0.3) is 10.9 Å². The van der Waals surface area contributed by atoms with Gasteiger partial charge in [-0.25, -0.2) is 9.82 Å². The summed E-state index contributed by atoms with van der Waals surface area (Å²) in [5, 5.41) is 22.7. The van der Waals surface area contributed by atoms with Gasteiger partial charge in [-0.2, -0.15) is 26.3 Å². The number of aliphatic hydroxyl groups excluding tert-OH is 1. The maximum absolute atomic E-state index is 13.4. The number of fused-ring (bicyclic) bond motifs is 1. The van der Waals surface area contributed by atoms with E-state index in [0.29, 0.717) is 12.1 Å². The highest BCUT2D eigenvalue weighted by Gasteiger charge is 2.38. The molecule has 1 atom stereocenters. The zero-order chi connectivity index (χ0) is 24.6. The van der Waals surface area contributed by atoms with Gasteiger partial charge in [0.25, 0.3) is 4.92 Å². The Bertz CT molecular complexity index is 1200. The Balaban J connectivity index is 2.03. The fourth-order valence-corrected chi connectivity index (χ4v) is 3.13. The molecule has 1 unspecified atom stereocenters. The number of alkyl halides is 6. The van der Waals surface area contributed by atoms with Crippen molar-refractivity contribution in [2.24, 2.45) is 0 Å². The highest BCUT2D eigenvalue weighted by Crippen LogP contribution is 2.39. The van der Waals surface area contributed by atoms with Gasteiger partial charge in [0.1, 0.15) is 11.4 Å². The van der Waals surface area contributed by atoms with E-state index in [2.05, 4.69) is 15.1 Å². The van der Waals surface area contributed by atoms with E-state index in [-0.39, 0.29) is 27.4 Å². The van der Waals surface area contributed by atoms with E-state index >= 15 is 0 Å². The van der Waals surface area contributed by atoms with Gasteiger partial charge in [-0.3, -0.25) is 0 Å². The lowest BCUT2D eigenvalue weighted by molar-refractivity contribution is -0.736. The molecule has 3 aromatic rings. The molecule has 176 valence electrons. The normalized spacial score (nSPS) is 13.1. The first kappa shape index (κ1) is 24.0. The number of aromatic nitrogens is 1. The smallest absolute Gasteiger partial charge is 0.433 e. The second-order valence-corrected chi connectivity index (χ2v) is 6.83. The van der Waals surface area contributed by atoms with Gasteiger partial charge in [0.05, 0.1) is 27.8 Å². The van der Waals surface area contributed by atoms with Crippen LogP contribution in [0.2, 0.25) is 0 Å². The van der Waals surface area contributed by atoms with E-state index in [1.807, 2.05) is 0 Å². The average molecular weight is 476 g/mol. The number of nitrogens with zero attached hydrogens (tertiary/aromatic N) is 2. The number of halogens is 6. The van der Waals surface area contributed by atoms with E-state index in [0.717, 1.165) is 31.4 Å². The van der Waals surface area contributed by atoms with Crippen LogP contribution in [0.3, 0.4) is 0 Å². The number of pyridine rings is 1. The lowest BCUT2D eigenvalue weighted by atomic mass is 9.99. The summed E-state index contributed by atoms with van der Waals surface area (Å²) < 4.78 is 80.1. The Morgan fingerprint density at radius 1 is 1.09 bits per heavy atom. The number of rotatable bonds is 6. The number of hydrogen-bond acceptors (Lipinski definition) is 6. The first-order valence-corrected chi connectivity index (χ1v) is 9.17. The van der Waals surface area contributed by atoms with Crippen LogP contribution in [0.4, 0.5) is 37.7 Å². The third kappa shape index (κ3) is 5.08. The van der Waals surface area contributed by atoms with E-state index in [1.54, 1.807) is 0 Å². The van der Waals surface area contributed by atoms with Crippen LogP contribution in [0, 0.1) is 4.91 Å². The summed E-state index contributed by atoms with van der Waals surface area (Å²) in [4.78, 5) is 19.3. The Hall–Kier alpha value is -3.61. The van der Waals surface area contributed by atoms with Gasteiger partial charge < -0.3 is 15.5 Å². The number of phenols is 1. The largest absolute Gasteiger partial charge is 0.506 e. The SMILES string of the molecule is CO[N+](=O)c1ccc(O)c(NCC(O)c2cc(C(F)(F)F)nc3c(C(F)(F)F)cccc23)c1. The molecule has 33 heavy (non-hydrogen) atoms. The van der Waals surface area contributed by atoms with Crippen molar-refractivity contribution in [3.05, 3.63) is 64.2 Å². The third-order valence-electron chi connectivity index (χ3n) is 4.67. The lowest BCUT2D eigenvalue weighted by Gasteiger charge is -2.19. The molecule has 1 heterocycles. The number of nitrogens with one attached hydrogen (secondary N) is 1. The molecule has 0 saturated heterocycles. The second kappa shape index (κ2) is 8.73. The van der Waals surface area contributed by atoms with Gasteiger partial charge in [-0.1, -0.05) is 12.1 Å². The van der Waals surface area contributed by atoms with Crippen LogP contribution in [-0.4, -0.2) is 33.8 Å². The predicted octanol–water partition coefficient (Wildman–Crippen LogP) is 5.10. The number of aromatic hydroxyl groups is 1. The molecule has 0 amide bonds. The van der Waals surface area contributed by atoms with Gasteiger partial charge in [0.2, 0.25) is 0 Å². The minimum Gasteiger partial charge on any atom is -0.506 e. The molecule has 0 saturated carbocycles. The second-order valence-electron chi connectivity index (χ2n) is 6.83. The number of benzene rings is 2. The summed E-state index contributed by atoms with van der Waals surface area (Å²) >= 11 is 0. The minimum absolute atomic E-state index is 0.0455. The molecule has 0 aliphatic rings. The van der Waals surface area contributed by atoms with Crippen molar-refractivity contribution in [1.82, 2.24) is 4.98 Å². The zero-order valence-corrected chi connectivity index (χ0v) is 16.7. The zero-order valence-electron chi connectivity index (χ0n) is 16.7. The van der Waals surface area contributed by atoms with Gasteiger partial charge in [-0.05, 0) is 23.8 Å². The number of phenolic OH excluding ortho intramolecular Hbond substituents is 1. The summed E-state index contributed by atoms with van der Waals surface area (Å²) in [6.07, 6.45) is -11.8. The third-order valence-corrected chi connectivity index (χ3v) is 4.67. The highest BCUT2D eigenvalue weighted by atomic mass is 19.4. The number of anilines is 1. The maximum atomic E-state index is 13.4. The monoisotopic (exact) mass is 476 g/mol. The van der Waals surface area contributed by atoms with Crippen molar-refractivity contribution in [1.29, 1.82) is 0 Å². The molecule has 7 nitrogen and oxygen atoms in total. The van der Waals surface area contributed by atoms with Gasteiger partial charge in [-0.15, -0.1) is 0 Å². The fraction of sp³-hybridized carbons (Fsp3) is 0.250. The summed E-state index contributed by atoms with van der Waals surface area (Å²) in [6, 6.07) is 6.67. The van der Waals surface area contributed by atoms with Crippen molar-refractivity contribution < 1.29 is 46.3 Å². The van der Waals surface area contributed by atoms with Crippen LogP contribution in [0.15, 0.2) is 42.5 Å². The fourth-order valence-electron chi connectivity index (χ4n) is 3.13. The van der Waals surface area contributed by atoms with Gasteiger partial charge >= 0.3 is 18.0 Å². The Morgan fingerprint density at radius 3 is 2.39 bits per heavy atom. The van der Waals surface area contributed by atoms with Crippen molar-refractivity contribution in [2.45, 2.75) is 18.5 Å². The molecule has 3 rings (SSSR count). The van der Waals surface area contributed by atoms with E-state index < -0.39 is 47.3 Å². The molecule has 13 heteroatoms. The lowest BCUT2D eigenvalue weighted by Crippen LogP contribution is -2.17. The first-order chi connectivity index (χ1) is 15.3. The summed E-state index contributed by atoms with van der Waals surface area (Å²) in [5.74, 6) is -0.356. The van der Waals surface area contributed by atoms with E-state index in [9.17, 15) is 41.5 Å². The Kier molecular flexibility index (Phi) is 6.36. The minimum atomic E-state index is -5.07. The summed E-state index contributed by atoms with van der Waals surface area (Å²) in [7, 11) is 1.10. The van der Waals surface area contributed by atoms with E-state index in [4.69, 9.17) is 0 Å². The van der Waals surface area contributed by atoms with Crippen LogP contribution < -0.4 is 5.32 Å². The van der Waals surface area contributed by atoms with Crippen LogP contribution in [0.5, 0.6) is 5.75 Å². The first-order valence-electron chi connectivity index (χ1n) is 9.17. The molecule has 0 aliphatic carbocycles. The maximum Gasteiger partial charge on any atom is 0.433 e. The number of hydrogen-bond donors (Lipinski definition) is 3. The molecule has 0 aliphatic heterocycles. The molecular formula is C20H16F6N3O4+. The van der Waals surface area contributed by atoms with Gasteiger partial charge in [0, 0.05) is 24.1 Å². The quantitative estimate of drug-likeness (QED) is 0.261. The number of aliphatic hydroxyl groups is 1. The number of para-hydroxylation sites is 1. The Morgan fingerprint density at radius 2 is 1.79 bits per heavy atom. The molecule has 3 N–H and O–H groups in total. The molecule has 0 fully saturated rings. The molecule has 0 radical (unpaired) electrons. The topological polar surface area (TPSA) is 94.7 Å². The standard InChI is InChI=1S/C20H15F6N3O4/c1-33-29(32)10-5-6-15(30)14(7-10)27-9-16(31)12-8-17(20(24,25)26)28-18-11(12)3-2-4-13(18)19(21,22)23/h2-8,16,27,31H,9H2,1H3/p+1. The van der Waals surface area contributed by atoms with Crippen molar-refractivity contribution in [2.75, 3.05) is 19.0 Å². The summed E-state index contributed by atoms with van der Waals surface area (Å²) in [6.45, 7) is -0.518. The predicted molar refractivity (Wildman–Crippen MR) is 104 cm³/mol. The van der Waals surface area contributed by atoms with Crippen molar-refractivity contribution in [3.63, 3.8) is 0 Å². The average Bonchev–Trinajstić information content (AvgIpc) is 2.75. The van der Waals surface area contributed by atoms with E-state index in [1.165, 1.54) is 6.07 Å². The highest BCUT2D eigenvalue weighted by molar-refractivity contribution is 5.86. The van der Waals surface area contributed by atoms with Crippen LogP contribution in [0.1, 0.15) is 22.9 Å². The van der Waals surface area contributed by atoms with Crippen molar-refractivity contribution in [3.8, 4) is 5.75 Å². The van der Waals surface area contributed by atoms with Crippen LogP contribution >= 0.6 is 0 Å². The van der Waals surface area contributed by atoms with Gasteiger partial charge in [0.15, 0.2) is 7.11 Å². The Labute approximate surface area is 181 Å². The molecule has 0 spiro atoms.